The van der Waals surface area contributed by atoms with Gasteiger partial charge in [-0.1, -0.05) is 12.1 Å². The second-order valence-electron chi connectivity index (χ2n) is 4.59. The number of aromatic nitrogens is 2. The number of benzene rings is 2. The first-order chi connectivity index (χ1) is 9.16. The predicted octanol–water partition coefficient (Wildman–Crippen LogP) is 3.54. The maximum Gasteiger partial charge on any atom is 0.159 e. The third-order valence-electron chi connectivity index (χ3n) is 3.26. The quantitative estimate of drug-likeness (QED) is 0.652. The van der Waals surface area contributed by atoms with Crippen LogP contribution < -0.4 is 0 Å². The minimum Gasteiger partial charge on any atom is -0.297 e. The largest absolute Gasteiger partial charge is 0.297 e. The first kappa shape index (κ1) is 11.7. The lowest BCUT2D eigenvalue weighted by Crippen LogP contribution is -1.98. The zero-order valence-corrected chi connectivity index (χ0v) is 10.9. The lowest BCUT2D eigenvalue weighted by atomic mass is 10.1. The van der Waals surface area contributed by atoms with E-state index >= 15 is 0 Å². The number of hydrogen-bond donors (Lipinski definition) is 0. The average Bonchev–Trinajstić information content (AvgIpc) is 2.74. The molecule has 0 aliphatic carbocycles. The molecule has 3 heteroatoms. The van der Waals surface area contributed by atoms with Gasteiger partial charge in [-0.25, -0.2) is 4.98 Å². The molecule has 3 nitrogen and oxygen atoms in total. The normalized spacial score (nSPS) is 10.8. The zero-order chi connectivity index (χ0) is 13.4. The second kappa shape index (κ2) is 4.35. The van der Waals surface area contributed by atoms with Crippen molar-refractivity contribution in [3.63, 3.8) is 0 Å². The van der Waals surface area contributed by atoms with E-state index in [1.165, 1.54) is 0 Å². The third kappa shape index (κ3) is 1.93. The number of aryl methyl sites for hydroxylation is 1. The van der Waals surface area contributed by atoms with Crippen LogP contribution >= 0.6 is 0 Å². The molecule has 0 unspecified atom stereocenters. The van der Waals surface area contributed by atoms with Gasteiger partial charge in [0.05, 0.1) is 11.0 Å². The number of nitrogens with zero attached hydrogens (tertiary/aromatic N) is 2. The molecular formula is C16H14N2O. The van der Waals surface area contributed by atoms with E-state index < -0.39 is 0 Å². The molecule has 0 radical (unpaired) electrons. The number of fused-ring (bicyclic) bond motifs is 1. The molecule has 1 heterocycles. The predicted molar refractivity (Wildman–Crippen MR) is 75.8 cm³/mol. The number of ketones is 1. The molecule has 0 fully saturated rings. The number of carbonyl (C=O) groups excluding carboxylic acids is 1. The molecule has 0 bridgehead atoms. The Morgan fingerprint density at radius 1 is 1.05 bits per heavy atom. The Labute approximate surface area is 111 Å². The van der Waals surface area contributed by atoms with Gasteiger partial charge in [0, 0.05) is 11.3 Å². The highest BCUT2D eigenvalue weighted by molar-refractivity contribution is 5.94. The van der Waals surface area contributed by atoms with Gasteiger partial charge in [-0.15, -0.1) is 0 Å². The Balaban J connectivity index is 2.18. The van der Waals surface area contributed by atoms with E-state index in [1.54, 1.807) is 6.92 Å². The van der Waals surface area contributed by atoms with Gasteiger partial charge in [0.15, 0.2) is 5.78 Å². The molecule has 0 saturated heterocycles. The number of hydrogen-bond acceptors (Lipinski definition) is 2. The lowest BCUT2D eigenvalue weighted by Gasteiger charge is -2.07. The standard InChI is InChI=1S/C16H14N2O/c1-11(19)13-7-9-14(10-8-13)18-12(2)17-15-5-3-4-6-16(15)18/h3-10H,1-2H3. The average molecular weight is 250 g/mol. The van der Waals surface area contributed by atoms with Crippen molar-refractivity contribution in [1.29, 1.82) is 0 Å². The van der Waals surface area contributed by atoms with Crippen LogP contribution in [0.1, 0.15) is 23.1 Å². The van der Waals surface area contributed by atoms with E-state index in [0.29, 0.717) is 0 Å². The summed E-state index contributed by atoms with van der Waals surface area (Å²) in [7, 11) is 0. The number of rotatable bonds is 2. The summed E-state index contributed by atoms with van der Waals surface area (Å²) in [5, 5.41) is 0. The van der Waals surface area contributed by atoms with Gasteiger partial charge < -0.3 is 0 Å². The Morgan fingerprint density at radius 2 is 1.74 bits per heavy atom. The Morgan fingerprint density at radius 3 is 2.42 bits per heavy atom. The second-order valence-corrected chi connectivity index (χ2v) is 4.59. The van der Waals surface area contributed by atoms with Gasteiger partial charge in [-0.2, -0.15) is 0 Å². The van der Waals surface area contributed by atoms with Crippen LogP contribution in [0.2, 0.25) is 0 Å². The molecule has 2 aromatic carbocycles. The fourth-order valence-corrected chi connectivity index (χ4v) is 2.32. The number of para-hydroxylation sites is 2. The van der Waals surface area contributed by atoms with Crippen LogP contribution in [0.4, 0.5) is 0 Å². The Kier molecular flexibility index (Phi) is 2.67. The lowest BCUT2D eigenvalue weighted by molar-refractivity contribution is 0.101. The highest BCUT2D eigenvalue weighted by atomic mass is 16.1. The van der Waals surface area contributed by atoms with Crippen LogP contribution in [-0.4, -0.2) is 15.3 Å². The van der Waals surface area contributed by atoms with Gasteiger partial charge in [-0.3, -0.25) is 9.36 Å². The summed E-state index contributed by atoms with van der Waals surface area (Å²) in [5.74, 6) is 1.02. The zero-order valence-electron chi connectivity index (χ0n) is 10.9. The molecular weight excluding hydrogens is 236 g/mol. The maximum atomic E-state index is 11.3. The molecule has 0 atom stereocenters. The third-order valence-corrected chi connectivity index (χ3v) is 3.26. The first-order valence-electron chi connectivity index (χ1n) is 6.22. The summed E-state index contributed by atoms with van der Waals surface area (Å²) in [6.45, 7) is 3.56. The highest BCUT2D eigenvalue weighted by Crippen LogP contribution is 2.21. The van der Waals surface area contributed by atoms with Gasteiger partial charge >= 0.3 is 0 Å². The Bertz CT molecular complexity index is 754. The number of imidazole rings is 1. The molecule has 0 saturated carbocycles. The van der Waals surface area contributed by atoms with Crippen molar-refractivity contribution in [2.24, 2.45) is 0 Å². The number of Topliss-reactive ketones (excluding diaryl/α,β-unsaturated/α-hetero) is 1. The van der Waals surface area contributed by atoms with Gasteiger partial charge in [0.1, 0.15) is 5.82 Å². The molecule has 0 spiro atoms. The summed E-state index contributed by atoms with van der Waals surface area (Å²) in [6.07, 6.45) is 0. The minimum absolute atomic E-state index is 0.0822. The van der Waals surface area contributed by atoms with E-state index in [2.05, 4.69) is 9.55 Å². The summed E-state index contributed by atoms with van der Waals surface area (Å²) in [4.78, 5) is 15.8. The summed E-state index contributed by atoms with van der Waals surface area (Å²) in [6, 6.07) is 15.7. The molecule has 3 rings (SSSR count). The van der Waals surface area contributed by atoms with Crippen LogP contribution in [-0.2, 0) is 0 Å². The van der Waals surface area contributed by atoms with Crippen molar-refractivity contribution in [3.8, 4) is 5.69 Å². The molecule has 1 aromatic heterocycles. The fourth-order valence-electron chi connectivity index (χ4n) is 2.32. The molecule has 0 amide bonds. The van der Waals surface area contributed by atoms with Crippen molar-refractivity contribution < 1.29 is 4.79 Å². The van der Waals surface area contributed by atoms with Crippen LogP contribution in [0.3, 0.4) is 0 Å². The molecule has 19 heavy (non-hydrogen) atoms. The molecule has 0 aliphatic rings. The molecule has 0 N–H and O–H groups in total. The fraction of sp³-hybridized carbons (Fsp3) is 0.125. The number of carbonyl (C=O) groups is 1. The van der Waals surface area contributed by atoms with Gasteiger partial charge in [-0.05, 0) is 50.2 Å². The van der Waals surface area contributed by atoms with Crippen molar-refractivity contribution >= 4 is 16.8 Å². The minimum atomic E-state index is 0.0822. The van der Waals surface area contributed by atoms with E-state index in [1.807, 2.05) is 55.5 Å². The van der Waals surface area contributed by atoms with Crippen molar-refractivity contribution in [2.45, 2.75) is 13.8 Å². The van der Waals surface area contributed by atoms with Gasteiger partial charge in [0.25, 0.3) is 0 Å². The Hall–Kier alpha value is -2.42. The topological polar surface area (TPSA) is 34.9 Å². The highest BCUT2D eigenvalue weighted by Gasteiger charge is 2.08. The smallest absolute Gasteiger partial charge is 0.159 e. The maximum absolute atomic E-state index is 11.3. The van der Waals surface area contributed by atoms with Crippen LogP contribution in [0.5, 0.6) is 0 Å². The van der Waals surface area contributed by atoms with E-state index in [-0.39, 0.29) is 5.78 Å². The van der Waals surface area contributed by atoms with Crippen molar-refractivity contribution in [1.82, 2.24) is 9.55 Å². The summed E-state index contributed by atoms with van der Waals surface area (Å²) >= 11 is 0. The van der Waals surface area contributed by atoms with Crippen molar-refractivity contribution in [3.05, 3.63) is 59.9 Å². The van der Waals surface area contributed by atoms with Crippen molar-refractivity contribution in [2.75, 3.05) is 0 Å². The van der Waals surface area contributed by atoms with Crippen LogP contribution in [0, 0.1) is 6.92 Å². The first-order valence-corrected chi connectivity index (χ1v) is 6.22. The summed E-state index contributed by atoms with van der Waals surface area (Å²) < 4.78 is 2.10. The molecule has 3 aromatic rings. The van der Waals surface area contributed by atoms with Crippen LogP contribution in [0.15, 0.2) is 48.5 Å². The monoisotopic (exact) mass is 250 g/mol. The van der Waals surface area contributed by atoms with Crippen LogP contribution in [0.25, 0.3) is 16.7 Å². The van der Waals surface area contributed by atoms with Gasteiger partial charge in [0.2, 0.25) is 0 Å². The van der Waals surface area contributed by atoms with E-state index in [0.717, 1.165) is 28.1 Å². The van der Waals surface area contributed by atoms with E-state index in [9.17, 15) is 4.79 Å². The SMILES string of the molecule is CC(=O)c1ccc(-n2c(C)nc3ccccc32)cc1. The molecule has 94 valence electrons. The van der Waals surface area contributed by atoms with E-state index in [4.69, 9.17) is 0 Å². The molecule has 0 aliphatic heterocycles. The summed E-state index contributed by atoms with van der Waals surface area (Å²) in [5.41, 5.74) is 3.81.